The average molecular weight is 267 g/mol. The van der Waals surface area contributed by atoms with Crippen LogP contribution in [0.25, 0.3) is 0 Å². The molecule has 1 aromatic carbocycles. The van der Waals surface area contributed by atoms with Crippen molar-refractivity contribution in [3.63, 3.8) is 0 Å². The van der Waals surface area contributed by atoms with Crippen LogP contribution in [0.15, 0.2) is 23.2 Å². The SMILES string of the molecule is COc1ccc(C2=N[C@H](C(=O)O)CS2)cc1OC. The summed E-state index contributed by atoms with van der Waals surface area (Å²) in [6.45, 7) is 0. The predicted octanol–water partition coefficient (Wildman–Crippen LogP) is 1.65. The van der Waals surface area contributed by atoms with Gasteiger partial charge in [0.2, 0.25) is 0 Å². The predicted molar refractivity (Wildman–Crippen MR) is 70.0 cm³/mol. The molecule has 6 heteroatoms. The van der Waals surface area contributed by atoms with Crippen LogP contribution in [-0.4, -0.2) is 42.1 Å². The molecule has 1 N–H and O–H groups in total. The van der Waals surface area contributed by atoms with Crippen LogP contribution in [0, 0.1) is 0 Å². The number of methoxy groups -OCH3 is 2. The number of thioether (sulfide) groups is 1. The highest BCUT2D eigenvalue weighted by Crippen LogP contribution is 2.31. The summed E-state index contributed by atoms with van der Waals surface area (Å²) in [6, 6.07) is 4.77. The van der Waals surface area contributed by atoms with Crippen molar-refractivity contribution >= 4 is 22.8 Å². The largest absolute Gasteiger partial charge is 0.493 e. The molecule has 96 valence electrons. The molecule has 18 heavy (non-hydrogen) atoms. The van der Waals surface area contributed by atoms with Gasteiger partial charge in [-0.3, -0.25) is 4.99 Å². The van der Waals surface area contributed by atoms with Crippen molar-refractivity contribution in [2.75, 3.05) is 20.0 Å². The lowest BCUT2D eigenvalue weighted by Crippen LogP contribution is -2.17. The Hall–Kier alpha value is -1.69. The molecule has 2 rings (SSSR count). The molecule has 1 heterocycles. The van der Waals surface area contributed by atoms with Crippen LogP contribution in [0.3, 0.4) is 0 Å². The number of aliphatic carboxylic acids is 1. The first-order chi connectivity index (χ1) is 8.65. The first-order valence-electron chi connectivity index (χ1n) is 5.31. The monoisotopic (exact) mass is 267 g/mol. The first-order valence-corrected chi connectivity index (χ1v) is 6.30. The highest BCUT2D eigenvalue weighted by molar-refractivity contribution is 8.14. The summed E-state index contributed by atoms with van der Waals surface area (Å²) in [5.74, 6) is 0.827. The van der Waals surface area contributed by atoms with Gasteiger partial charge in [-0.2, -0.15) is 0 Å². The Bertz CT molecular complexity index is 501. The molecule has 1 aromatic rings. The minimum atomic E-state index is -0.891. The van der Waals surface area contributed by atoms with Gasteiger partial charge in [0.1, 0.15) is 0 Å². The molecule has 1 atom stereocenters. The summed E-state index contributed by atoms with van der Waals surface area (Å²) in [5, 5.41) is 9.62. The zero-order chi connectivity index (χ0) is 13.1. The molecule has 1 aliphatic rings. The van der Waals surface area contributed by atoms with Gasteiger partial charge in [0.15, 0.2) is 17.5 Å². The van der Waals surface area contributed by atoms with Crippen molar-refractivity contribution < 1.29 is 19.4 Å². The second-order valence-electron chi connectivity index (χ2n) is 3.67. The third-order valence-corrected chi connectivity index (χ3v) is 3.66. The molecule has 0 amide bonds. The van der Waals surface area contributed by atoms with Crippen LogP contribution < -0.4 is 9.47 Å². The van der Waals surface area contributed by atoms with Crippen LogP contribution in [0.2, 0.25) is 0 Å². The van der Waals surface area contributed by atoms with Crippen molar-refractivity contribution in [2.24, 2.45) is 4.99 Å². The molecule has 0 spiro atoms. The van der Waals surface area contributed by atoms with Crippen molar-refractivity contribution in [1.82, 2.24) is 0 Å². The van der Waals surface area contributed by atoms with Crippen molar-refractivity contribution in [3.05, 3.63) is 23.8 Å². The van der Waals surface area contributed by atoms with Crippen molar-refractivity contribution in [3.8, 4) is 11.5 Å². The van der Waals surface area contributed by atoms with Crippen molar-refractivity contribution in [1.29, 1.82) is 0 Å². The van der Waals surface area contributed by atoms with E-state index in [9.17, 15) is 4.79 Å². The summed E-state index contributed by atoms with van der Waals surface area (Å²) in [4.78, 5) is 15.0. The zero-order valence-electron chi connectivity index (χ0n) is 10.0. The number of hydrogen-bond acceptors (Lipinski definition) is 5. The van der Waals surface area contributed by atoms with E-state index in [1.807, 2.05) is 6.07 Å². The van der Waals surface area contributed by atoms with E-state index in [0.29, 0.717) is 17.3 Å². The van der Waals surface area contributed by atoms with Crippen LogP contribution in [0.4, 0.5) is 0 Å². The maximum absolute atomic E-state index is 10.8. The third-order valence-electron chi connectivity index (χ3n) is 2.57. The topological polar surface area (TPSA) is 68.1 Å². The molecular formula is C12H13NO4S. The van der Waals surface area contributed by atoms with E-state index in [0.717, 1.165) is 10.6 Å². The fourth-order valence-electron chi connectivity index (χ4n) is 1.63. The Morgan fingerprint density at radius 2 is 2.11 bits per heavy atom. The van der Waals surface area contributed by atoms with E-state index in [-0.39, 0.29) is 0 Å². The molecule has 0 radical (unpaired) electrons. The Balaban J connectivity index is 2.30. The average Bonchev–Trinajstić information content (AvgIpc) is 2.87. The van der Waals surface area contributed by atoms with Gasteiger partial charge >= 0.3 is 5.97 Å². The first kappa shape index (κ1) is 12.8. The normalized spacial score (nSPS) is 18.3. The van der Waals surface area contributed by atoms with Gasteiger partial charge in [0, 0.05) is 11.3 Å². The maximum Gasteiger partial charge on any atom is 0.329 e. The molecular weight excluding hydrogens is 254 g/mol. The van der Waals surface area contributed by atoms with E-state index < -0.39 is 12.0 Å². The quantitative estimate of drug-likeness (QED) is 0.898. The number of aliphatic imine (C=N–C) groups is 1. The van der Waals surface area contributed by atoms with Gasteiger partial charge in [-0.25, -0.2) is 4.79 Å². The number of carboxylic acid groups (broad SMARTS) is 1. The number of rotatable bonds is 4. The molecule has 0 saturated heterocycles. The van der Waals surface area contributed by atoms with Gasteiger partial charge in [0.25, 0.3) is 0 Å². The van der Waals surface area contributed by atoms with Crippen LogP contribution in [0.1, 0.15) is 5.56 Å². The lowest BCUT2D eigenvalue weighted by molar-refractivity contribution is -0.137. The Morgan fingerprint density at radius 3 is 2.67 bits per heavy atom. The van der Waals surface area contributed by atoms with Gasteiger partial charge in [-0.15, -0.1) is 11.8 Å². The minimum absolute atomic E-state index is 0.471. The fraction of sp³-hybridized carbons (Fsp3) is 0.333. The van der Waals surface area contributed by atoms with E-state index in [4.69, 9.17) is 14.6 Å². The molecule has 0 bridgehead atoms. The Labute approximate surface area is 109 Å². The molecule has 0 aliphatic carbocycles. The Morgan fingerprint density at radius 1 is 1.39 bits per heavy atom. The number of carbonyl (C=O) groups is 1. The zero-order valence-corrected chi connectivity index (χ0v) is 10.9. The second kappa shape index (κ2) is 5.30. The standard InChI is InChI=1S/C12H13NO4S/c1-16-9-4-3-7(5-10(9)17-2)11-13-8(6-18-11)12(14)15/h3-5,8H,6H2,1-2H3,(H,14,15)/t8-/m0/s1. The summed E-state index contributed by atoms with van der Waals surface area (Å²) in [7, 11) is 3.13. The van der Waals surface area contributed by atoms with Crippen LogP contribution in [0.5, 0.6) is 11.5 Å². The lowest BCUT2D eigenvalue weighted by atomic mass is 10.2. The van der Waals surface area contributed by atoms with E-state index in [1.165, 1.54) is 11.8 Å². The van der Waals surface area contributed by atoms with Gasteiger partial charge in [-0.1, -0.05) is 0 Å². The Kier molecular flexibility index (Phi) is 3.76. The summed E-state index contributed by atoms with van der Waals surface area (Å²) < 4.78 is 10.4. The van der Waals surface area contributed by atoms with Gasteiger partial charge < -0.3 is 14.6 Å². The molecule has 5 nitrogen and oxygen atoms in total. The van der Waals surface area contributed by atoms with E-state index in [2.05, 4.69) is 4.99 Å². The molecule has 1 aliphatic heterocycles. The maximum atomic E-state index is 10.8. The number of ether oxygens (including phenoxy) is 2. The molecule has 0 aromatic heterocycles. The van der Waals surface area contributed by atoms with Gasteiger partial charge in [-0.05, 0) is 18.2 Å². The number of nitrogens with zero attached hydrogens (tertiary/aromatic N) is 1. The van der Waals surface area contributed by atoms with Gasteiger partial charge in [0.05, 0.1) is 19.3 Å². The molecule has 0 saturated carbocycles. The third kappa shape index (κ3) is 2.43. The summed E-state index contributed by atoms with van der Waals surface area (Å²) >= 11 is 1.44. The highest BCUT2D eigenvalue weighted by Gasteiger charge is 2.25. The van der Waals surface area contributed by atoms with Crippen LogP contribution >= 0.6 is 11.8 Å². The number of carboxylic acids is 1. The summed E-state index contributed by atoms with van der Waals surface area (Å²) in [5.41, 5.74) is 0.849. The van der Waals surface area contributed by atoms with E-state index >= 15 is 0 Å². The second-order valence-corrected chi connectivity index (χ2v) is 4.68. The van der Waals surface area contributed by atoms with Crippen molar-refractivity contribution in [2.45, 2.75) is 6.04 Å². The smallest absolute Gasteiger partial charge is 0.329 e. The highest BCUT2D eigenvalue weighted by atomic mass is 32.2. The number of hydrogen-bond donors (Lipinski definition) is 1. The minimum Gasteiger partial charge on any atom is -0.493 e. The fourth-order valence-corrected chi connectivity index (χ4v) is 2.66. The van der Waals surface area contributed by atoms with Crippen LogP contribution in [-0.2, 0) is 4.79 Å². The molecule has 0 unspecified atom stereocenters. The molecule has 0 fully saturated rings. The lowest BCUT2D eigenvalue weighted by Gasteiger charge is -2.08. The number of benzene rings is 1. The van der Waals surface area contributed by atoms with E-state index in [1.54, 1.807) is 26.4 Å². The summed E-state index contributed by atoms with van der Waals surface area (Å²) in [6.07, 6.45) is 0.